The predicted octanol–water partition coefficient (Wildman–Crippen LogP) is 1.64. The van der Waals surface area contributed by atoms with Gasteiger partial charge in [-0.25, -0.2) is 8.42 Å². The molecular formula is C9H12BrNO4S. The number of ether oxygens (including phenoxy) is 1. The van der Waals surface area contributed by atoms with Crippen molar-refractivity contribution in [2.45, 2.75) is 4.90 Å². The standard InChI is InChI=1S/C9H12BrNO4S/c1-11(15-3)16(12,13)7-4-5-9(14-2)8(10)6-7/h4-6H,1-3H3. The summed E-state index contributed by atoms with van der Waals surface area (Å²) in [5.41, 5.74) is 0. The van der Waals surface area contributed by atoms with E-state index in [1.54, 1.807) is 6.07 Å². The smallest absolute Gasteiger partial charge is 0.264 e. The molecule has 0 amide bonds. The van der Waals surface area contributed by atoms with Crippen molar-refractivity contribution in [2.75, 3.05) is 21.3 Å². The van der Waals surface area contributed by atoms with Crippen LogP contribution in [-0.2, 0) is 14.9 Å². The predicted molar refractivity (Wildman–Crippen MR) is 62.7 cm³/mol. The van der Waals surface area contributed by atoms with Crippen molar-refractivity contribution in [3.8, 4) is 5.75 Å². The normalized spacial score (nSPS) is 11.8. The van der Waals surface area contributed by atoms with Gasteiger partial charge in [-0.2, -0.15) is 0 Å². The minimum atomic E-state index is -3.61. The second-order valence-electron chi connectivity index (χ2n) is 2.89. The topological polar surface area (TPSA) is 55.8 Å². The van der Waals surface area contributed by atoms with E-state index in [2.05, 4.69) is 20.8 Å². The van der Waals surface area contributed by atoms with Crippen molar-refractivity contribution in [1.29, 1.82) is 0 Å². The van der Waals surface area contributed by atoms with Gasteiger partial charge >= 0.3 is 0 Å². The summed E-state index contributed by atoms with van der Waals surface area (Å²) >= 11 is 3.22. The average molecular weight is 310 g/mol. The van der Waals surface area contributed by atoms with E-state index >= 15 is 0 Å². The Labute approximate surface area is 103 Å². The first-order valence-corrected chi connectivity index (χ1v) is 6.53. The largest absolute Gasteiger partial charge is 0.496 e. The fourth-order valence-electron chi connectivity index (χ4n) is 1.05. The number of methoxy groups -OCH3 is 1. The zero-order valence-corrected chi connectivity index (χ0v) is 11.5. The van der Waals surface area contributed by atoms with E-state index in [0.29, 0.717) is 10.2 Å². The van der Waals surface area contributed by atoms with Crippen LogP contribution in [0.4, 0.5) is 0 Å². The van der Waals surface area contributed by atoms with Crippen LogP contribution in [0.1, 0.15) is 0 Å². The highest BCUT2D eigenvalue weighted by molar-refractivity contribution is 9.10. The molecule has 0 saturated heterocycles. The molecule has 0 spiro atoms. The Balaban J connectivity index is 3.21. The molecule has 5 nitrogen and oxygen atoms in total. The van der Waals surface area contributed by atoms with E-state index in [0.717, 1.165) is 4.47 Å². The lowest BCUT2D eigenvalue weighted by molar-refractivity contribution is -0.0258. The molecule has 0 radical (unpaired) electrons. The molecule has 1 aromatic rings. The van der Waals surface area contributed by atoms with Crippen LogP contribution in [0.5, 0.6) is 5.75 Å². The summed E-state index contributed by atoms with van der Waals surface area (Å²) in [4.78, 5) is 4.79. The monoisotopic (exact) mass is 309 g/mol. The number of hydroxylamine groups is 1. The Kier molecular flexibility index (Phi) is 4.31. The van der Waals surface area contributed by atoms with E-state index in [1.807, 2.05) is 0 Å². The van der Waals surface area contributed by atoms with Crippen LogP contribution in [0.2, 0.25) is 0 Å². The van der Waals surface area contributed by atoms with Crippen LogP contribution in [0, 0.1) is 0 Å². The SMILES string of the molecule is COc1ccc(S(=O)(=O)N(C)OC)cc1Br. The summed E-state index contributed by atoms with van der Waals surface area (Å²) in [5.74, 6) is 0.569. The van der Waals surface area contributed by atoms with Gasteiger partial charge in [-0.3, -0.25) is 4.84 Å². The molecule has 0 aliphatic heterocycles. The van der Waals surface area contributed by atoms with Gasteiger partial charge in [0, 0.05) is 7.05 Å². The Morgan fingerprint density at radius 1 is 1.31 bits per heavy atom. The third-order valence-corrected chi connectivity index (χ3v) is 4.31. The number of sulfonamides is 1. The van der Waals surface area contributed by atoms with Crippen LogP contribution in [-0.4, -0.2) is 34.2 Å². The molecule has 0 unspecified atom stereocenters. The maximum atomic E-state index is 11.9. The highest BCUT2D eigenvalue weighted by Gasteiger charge is 2.21. The van der Waals surface area contributed by atoms with Gasteiger partial charge in [0.2, 0.25) is 0 Å². The molecule has 1 rings (SSSR count). The molecule has 0 bridgehead atoms. The van der Waals surface area contributed by atoms with Crippen molar-refractivity contribution in [2.24, 2.45) is 0 Å². The first-order valence-electron chi connectivity index (χ1n) is 4.30. The zero-order valence-electron chi connectivity index (χ0n) is 9.10. The highest BCUT2D eigenvalue weighted by atomic mass is 79.9. The number of benzene rings is 1. The number of hydrogen-bond acceptors (Lipinski definition) is 4. The summed E-state index contributed by atoms with van der Waals surface area (Å²) in [6.07, 6.45) is 0. The molecule has 0 heterocycles. The molecular weight excluding hydrogens is 298 g/mol. The van der Waals surface area contributed by atoms with Crippen molar-refractivity contribution < 1.29 is 18.0 Å². The van der Waals surface area contributed by atoms with Gasteiger partial charge in [0.1, 0.15) is 5.75 Å². The molecule has 0 N–H and O–H groups in total. The van der Waals surface area contributed by atoms with E-state index in [-0.39, 0.29) is 4.90 Å². The van der Waals surface area contributed by atoms with Crippen molar-refractivity contribution in [3.63, 3.8) is 0 Å². The number of nitrogens with zero attached hydrogens (tertiary/aromatic N) is 1. The van der Waals surface area contributed by atoms with Gasteiger partial charge in [0.25, 0.3) is 10.0 Å². The van der Waals surface area contributed by atoms with E-state index in [4.69, 9.17) is 4.74 Å². The first-order chi connectivity index (χ1) is 7.43. The minimum absolute atomic E-state index is 0.129. The number of rotatable bonds is 4. The summed E-state index contributed by atoms with van der Waals surface area (Å²) in [6.45, 7) is 0. The maximum absolute atomic E-state index is 11.9. The molecule has 7 heteroatoms. The molecule has 90 valence electrons. The molecule has 0 fully saturated rings. The van der Waals surface area contributed by atoms with E-state index in [1.165, 1.54) is 33.4 Å². The van der Waals surface area contributed by atoms with Crippen molar-refractivity contribution in [1.82, 2.24) is 4.47 Å². The molecule has 16 heavy (non-hydrogen) atoms. The zero-order chi connectivity index (χ0) is 12.3. The van der Waals surface area contributed by atoms with Crippen LogP contribution >= 0.6 is 15.9 Å². The molecule has 1 aromatic carbocycles. The third kappa shape index (κ3) is 2.54. The molecule has 0 aromatic heterocycles. The van der Waals surface area contributed by atoms with Gasteiger partial charge in [-0.1, -0.05) is 4.47 Å². The van der Waals surface area contributed by atoms with Crippen LogP contribution in [0.15, 0.2) is 27.6 Å². The lowest BCUT2D eigenvalue weighted by atomic mass is 10.3. The highest BCUT2D eigenvalue weighted by Crippen LogP contribution is 2.28. The fraction of sp³-hybridized carbons (Fsp3) is 0.333. The summed E-state index contributed by atoms with van der Waals surface area (Å²) in [5, 5.41) is 0. The van der Waals surface area contributed by atoms with Crippen LogP contribution in [0.3, 0.4) is 0 Å². The lowest BCUT2D eigenvalue weighted by Crippen LogP contribution is -2.25. The molecule has 0 saturated carbocycles. The molecule has 0 aliphatic rings. The van der Waals surface area contributed by atoms with Crippen molar-refractivity contribution in [3.05, 3.63) is 22.7 Å². The van der Waals surface area contributed by atoms with Gasteiger partial charge in [0.05, 0.1) is 23.6 Å². The number of halogens is 1. The maximum Gasteiger partial charge on any atom is 0.264 e. The van der Waals surface area contributed by atoms with E-state index in [9.17, 15) is 8.42 Å². The van der Waals surface area contributed by atoms with Crippen LogP contribution in [0.25, 0.3) is 0 Å². The minimum Gasteiger partial charge on any atom is -0.496 e. The van der Waals surface area contributed by atoms with Gasteiger partial charge < -0.3 is 4.74 Å². The van der Waals surface area contributed by atoms with Crippen LogP contribution < -0.4 is 4.74 Å². The first kappa shape index (κ1) is 13.4. The summed E-state index contributed by atoms with van der Waals surface area (Å²) < 4.78 is 30.1. The Morgan fingerprint density at radius 3 is 2.38 bits per heavy atom. The van der Waals surface area contributed by atoms with Crippen molar-refractivity contribution >= 4 is 26.0 Å². The summed E-state index contributed by atoms with van der Waals surface area (Å²) in [6, 6.07) is 4.48. The third-order valence-electron chi connectivity index (χ3n) is 2.02. The summed E-state index contributed by atoms with van der Waals surface area (Å²) in [7, 11) is 0.513. The van der Waals surface area contributed by atoms with E-state index < -0.39 is 10.0 Å². The lowest BCUT2D eigenvalue weighted by Gasteiger charge is -2.14. The Hall–Kier alpha value is -0.630. The fourth-order valence-corrected chi connectivity index (χ4v) is 2.75. The molecule has 0 aliphatic carbocycles. The molecule has 0 atom stereocenters. The Morgan fingerprint density at radius 2 is 1.94 bits per heavy atom. The second kappa shape index (κ2) is 5.13. The van der Waals surface area contributed by atoms with Gasteiger partial charge in [0.15, 0.2) is 0 Å². The second-order valence-corrected chi connectivity index (χ2v) is 5.68. The quantitative estimate of drug-likeness (QED) is 0.793. The van der Waals surface area contributed by atoms with Gasteiger partial charge in [-0.05, 0) is 34.1 Å². The number of hydrogen-bond donors (Lipinski definition) is 0. The average Bonchev–Trinajstić information content (AvgIpc) is 2.27. The Bertz CT molecular complexity index is 474. The van der Waals surface area contributed by atoms with Gasteiger partial charge in [-0.15, -0.1) is 0 Å².